The number of aromatic nitrogens is 1. The predicted molar refractivity (Wildman–Crippen MR) is 144 cm³/mol. The molecule has 3 aromatic carbocycles. The molecular weight excluding hydrogens is 452 g/mol. The highest BCUT2D eigenvalue weighted by Gasteiger charge is 2.28. The lowest BCUT2D eigenvalue weighted by Crippen LogP contribution is -2.30. The largest absolute Gasteiger partial charge is 0.357 e. The summed E-state index contributed by atoms with van der Waals surface area (Å²) < 4.78 is 2.22. The van der Waals surface area contributed by atoms with Crippen LogP contribution in [0.4, 0.5) is 5.69 Å². The van der Waals surface area contributed by atoms with Crippen LogP contribution in [0.15, 0.2) is 77.7 Å². The summed E-state index contributed by atoms with van der Waals surface area (Å²) in [6, 6.07) is 26.5. The monoisotopic (exact) mass is 478 g/mol. The van der Waals surface area contributed by atoms with Gasteiger partial charge in [-0.1, -0.05) is 67.2 Å². The normalized spacial score (nSPS) is 16.4. The molecular formula is C29H26N4OS. The highest BCUT2D eigenvalue weighted by molar-refractivity contribution is 8.05. The third-order valence-electron chi connectivity index (χ3n) is 6.41. The summed E-state index contributed by atoms with van der Waals surface area (Å²) in [4.78, 5) is 13.5. The SMILES string of the molecule is CCc1ccc(N[C@@H]2NC(=O)/C(=C/c3c(C)n(Cc4ccccc4C#N)c4ccccc34)S2)cc1. The minimum atomic E-state index is -0.225. The first kappa shape index (κ1) is 22.8. The van der Waals surface area contributed by atoms with Crippen LogP contribution < -0.4 is 10.6 Å². The molecule has 1 fully saturated rings. The Hall–Kier alpha value is -3.95. The number of nitrogens with zero attached hydrogens (tertiary/aromatic N) is 2. The number of fused-ring (bicyclic) bond motifs is 1. The second-order valence-corrected chi connectivity index (χ2v) is 9.69. The smallest absolute Gasteiger partial charge is 0.260 e. The number of hydrogen-bond donors (Lipinski definition) is 2. The van der Waals surface area contributed by atoms with Gasteiger partial charge in [-0.05, 0) is 54.8 Å². The minimum Gasteiger partial charge on any atom is -0.357 e. The van der Waals surface area contributed by atoms with Crippen molar-refractivity contribution in [1.82, 2.24) is 9.88 Å². The van der Waals surface area contributed by atoms with E-state index in [4.69, 9.17) is 0 Å². The second-order valence-electron chi connectivity index (χ2n) is 8.55. The van der Waals surface area contributed by atoms with E-state index in [1.807, 2.05) is 54.6 Å². The number of carbonyl (C=O) groups excluding carboxylic acids is 1. The van der Waals surface area contributed by atoms with Gasteiger partial charge in [0.2, 0.25) is 0 Å². The van der Waals surface area contributed by atoms with E-state index in [0.717, 1.165) is 39.8 Å². The summed E-state index contributed by atoms with van der Waals surface area (Å²) in [5, 5.41) is 17.1. The zero-order chi connectivity index (χ0) is 24.4. The fourth-order valence-electron chi connectivity index (χ4n) is 4.47. The Kier molecular flexibility index (Phi) is 6.35. The summed E-state index contributed by atoms with van der Waals surface area (Å²) in [5.41, 5.74) is 6.86. The van der Waals surface area contributed by atoms with Crippen LogP contribution >= 0.6 is 11.8 Å². The van der Waals surface area contributed by atoms with Gasteiger partial charge in [-0.15, -0.1) is 0 Å². The van der Waals surface area contributed by atoms with E-state index < -0.39 is 0 Å². The number of nitriles is 1. The van der Waals surface area contributed by atoms with E-state index in [2.05, 4.69) is 59.4 Å². The number of rotatable bonds is 6. The quantitative estimate of drug-likeness (QED) is 0.332. The number of anilines is 1. The van der Waals surface area contributed by atoms with Crippen molar-refractivity contribution in [2.45, 2.75) is 32.3 Å². The third-order valence-corrected chi connectivity index (χ3v) is 7.44. The molecule has 5 nitrogen and oxygen atoms in total. The average Bonchev–Trinajstić information content (AvgIpc) is 3.36. The lowest BCUT2D eigenvalue weighted by atomic mass is 10.1. The fourth-order valence-corrected chi connectivity index (χ4v) is 5.43. The summed E-state index contributed by atoms with van der Waals surface area (Å²) in [7, 11) is 0. The van der Waals surface area contributed by atoms with Crippen molar-refractivity contribution in [2.24, 2.45) is 0 Å². The molecule has 0 saturated carbocycles. The summed E-state index contributed by atoms with van der Waals surface area (Å²) in [5.74, 6) is -0.0799. The molecule has 0 radical (unpaired) electrons. The van der Waals surface area contributed by atoms with Crippen LogP contribution in [0, 0.1) is 18.3 Å². The fraction of sp³-hybridized carbons (Fsp3) is 0.172. The summed E-state index contributed by atoms with van der Waals surface area (Å²) in [6.45, 7) is 4.80. The first-order chi connectivity index (χ1) is 17.1. The van der Waals surface area contributed by atoms with E-state index in [1.54, 1.807) is 0 Å². The van der Waals surface area contributed by atoms with Crippen molar-refractivity contribution < 1.29 is 4.79 Å². The molecule has 2 N–H and O–H groups in total. The molecule has 1 aliphatic heterocycles. The van der Waals surface area contributed by atoms with Crippen LogP contribution in [0.2, 0.25) is 0 Å². The number of nitrogens with one attached hydrogen (secondary N) is 2. The number of benzene rings is 3. The van der Waals surface area contributed by atoms with Crippen molar-refractivity contribution in [3.63, 3.8) is 0 Å². The lowest BCUT2D eigenvalue weighted by molar-refractivity contribution is -0.116. The molecule has 0 spiro atoms. The Morgan fingerprint density at radius 3 is 2.60 bits per heavy atom. The van der Waals surface area contributed by atoms with Crippen LogP contribution in [0.3, 0.4) is 0 Å². The van der Waals surface area contributed by atoms with Gasteiger partial charge in [0, 0.05) is 34.4 Å². The van der Waals surface area contributed by atoms with Gasteiger partial charge >= 0.3 is 0 Å². The maximum absolute atomic E-state index is 12.8. The van der Waals surface area contributed by atoms with Crippen LogP contribution in [0.5, 0.6) is 0 Å². The number of carbonyl (C=O) groups is 1. The lowest BCUT2D eigenvalue weighted by Gasteiger charge is -2.12. The van der Waals surface area contributed by atoms with Crippen LogP contribution in [0.1, 0.15) is 34.9 Å². The van der Waals surface area contributed by atoms with Crippen molar-refractivity contribution >= 4 is 40.3 Å². The van der Waals surface area contributed by atoms with Crippen LogP contribution in [-0.2, 0) is 17.8 Å². The van der Waals surface area contributed by atoms with E-state index in [9.17, 15) is 10.1 Å². The Morgan fingerprint density at radius 1 is 1.09 bits per heavy atom. The van der Waals surface area contributed by atoms with Gasteiger partial charge in [-0.3, -0.25) is 4.79 Å². The van der Waals surface area contributed by atoms with Crippen molar-refractivity contribution in [3.8, 4) is 6.07 Å². The van der Waals surface area contributed by atoms with E-state index in [-0.39, 0.29) is 11.4 Å². The number of thioether (sulfide) groups is 1. The van der Waals surface area contributed by atoms with E-state index >= 15 is 0 Å². The van der Waals surface area contributed by atoms with E-state index in [1.165, 1.54) is 17.3 Å². The highest BCUT2D eigenvalue weighted by Crippen LogP contribution is 2.34. The molecule has 6 heteroatoms. The molecule has 0 bridgehead atoms. The molecule has 4 aromatic rings. The molecule has 0 aliphatic carbocycles. The zero-order valence-electron chi connectivity index (χ0n) is 19.7. The van der Waals surface area contributed by atoms with Crippen LogP contribution in [-0.4, -0.2) is 16.0 Å². The molecule has 35 heavy (non-hydrogen) atoms. The topological polar surface area (TPSA) is 69.8 Å². The molecule has 174 valence electrons. The van der Waals surface area contributed by atoms with Gasteiger partial charge in [-0.2, -0.15) is 5.26 Å². The number of aryl methyl sites for hydroxylation is 1. The predicted octanol–water partition coefficient (Wildman–Crippen LogP) is 6.03. The maximum atomic E-state index is 12.8. The van der Waals surface area contributed by atoms with E-state index in [0.29, 0.717) is 17.0 Å². The number of hydrogen-bond acceptors (Lipinski definition) is 4. The Labute approximate surface area is 209 Å². The number of amides is 1. The Morgan fingerprint density at radius 2 is 1.83 bits per heavy atom. The Balaban J connectivity index is 1.46. The summed E-state index contributed by atoms with van der Waals surface area (Å²) in [6.07, 6.45) is 2.99. The third kappa shape index (κ3) is 4.55. The molecule has 1 aromatic heterocycles. The van der Waals surface area contributed by atoms with Crippen molar-refractivity contribution in [2.75, 3.05) is 5.32 Å². The first-order valence-electron chi connectivity index (χ1n) is 11.7. The summed E-state index contributed by atoms with van der Waals surface area (Å²) >= 11 is 1.49. The van der Waals surface area contributed by atoms with Crippen molar-refractivity contribution in [3.05, 3.63) is 106 Å². The van der Waals surface area contributed by atoms with Gasteiger partial charge in [0.25, 0.3) is 5.91 Å². The number of para-hydroxylation sites is 1. The molecule has 2 heterocycles. The van der Waals surface area contributed by atoms with Crippen molar-refractivity contribution in [1.29, 1.82) is 5.26 Å². The van der Waals surface area contributed by atoms with Gasteiger partial charge in [-0.25, -0.2) is 0 Å². The molecule has 5 rings (SSSR count). The average molecular weight is 479 g/mol. The second kappa shape index (κ2) is 9.73. The maximum Gasteiger partial charge on any atom is 0.260 e. The molecule has 0 unspecified atom stereocenters. The zero-order valence-corrected chi connectivity index (χ0v) is 20.5. The highest BCUT2D eigenvalue weighted by atomic mass is 32.2. The standard InChI is InChI=1S/C29H26N4OS/c1-3-20-12-14-23(15-13-20)31-29-32-28(34)27(35-29)16-25-19(2)33(26-11-7-6-10-24(25)26)18-22-9-5-4-8-21(22)17-30/h4-16,29,31H,3,18H2,1-2H3,(H,32,34)/b27-16-/t29-/m1/s1. The van der Waals surface area contributed by atoms with Gasteiger partial charge in [0.05, 0.1) is 16.5 Å². The molecule has 1 saturated heterocycles. The first-order valence-corrected chi connectivity index (χ1v) is 12.6. The minimum absolute atomic E-state index is 0.0799. The van der Waals surface area contributed by atoms with Gasteiger partial charge in [0.1, 0.15) is 0 Å². The van der Waals surface area contributed by atoms with Gasteiger partial charge in [0.15, 0.2) is 5.50 Å². The molecule has 1 atom stereocenters. The Bertz CT molecular complexity index is 1480. The molecule has 1 aliphatic rings. The van der Waals surface area contributed by atoms with Gasteiger partial charge < -0.3 is 15.2 Å². The van der Waals surface area contributed by atoms with Crippen LogP contribution in [0.25, 0.3) is 17.0 Å². The molecule has 1 amide bonds.